The third-order valence-corrected chi connectivity index (χ3v) is 3.87. The molecule has 2 nitrogen and oxygen atoms in total. The van der Waals surface area contributed by atoms with E-state index in [1.54, 1.807) is 0 Å². The van der Waals surface area contributed by atoms with Crippen molar-refractivity contribution in [2.75, 3.05) is 6.54 Å². The molecule has 19 heavy (non-hydrogen) atoms. The molecule has 0 fully saturated rings. The van der Waals surface area contributed by atoms with Crippen LogP contribution in [0.15, 0.2) is 5.11 Å². The van der Waals surface area contributed by atoms with Crippen LogP contribution in [0.25, 0.3) is 0 Å². The van der Waals surface area contributed by atoms with E-state index in [1.165, 1.54) is 89.9 Å². The highest BCUT2D eigenvalue weighted by atomic mass is 14.9. The van der Waals surface area contributed by atoms with Gasteiger partial charge in [-0.3, -0.25) is 0 Å². The van der Waals surface area contributed by atoms with Gasteiger partial charge in [-0.25, -0.2) is 5.53 Å². The Labute approximate surface area is 121 Å². The van der Waals surface area contributed by atoms with Crippen molar-refractivity contribution < 1.29 is 0 Å². The lowest BCUT2D eigenvalue weighted by Gasteiger charge is -2.02. The number of nitrogens with zero attached hydrogens (tertiary/aromatic N) is 1. The van der Waals surface area contributed by atoms with E-state index >= 15 is 0 Å². The molecule has 2 heteroatoms. The smallest absolute Gasteiger partial charge is 0.0596 e. The quantitative estimate of drug-likeness (QED) is 0.234. The standard InChI is InChI=1S/C17H36N2/c1-2-3-4-5-6-7-8-9-10-11-12-13-14-15-16-17-19-18/h18H,2-17H2,1H3. The van der Waals surface area contributed by atoms with Crippen LogP contribution in [0.2, 0.25) is 0 Å². The van der Waals surface area contributed by atoms with E-state index in [-0.39, 0.29) is 0 Å². The Morgan fingerprint density at radius 1 is 0.526 bits per heavy atom. The van der Waals surface area contributed by atoms with E-state index < -0.39 is 0 Å². The zero-order valence-electron chi connectivity index (χ0n) is 13.3. The summed E-state index contributed by atoms with van der Waals surface area (Å²) in [6.07, 6.45) is 20.9. The molecule has 0 amide bonds. The van der Waals surface area contributed by atoms with Crippen molar-refractivity contribution in [3.8, 4) is 0 Å². The maximum absolute atomic E-state index is 6.70. The second kappa shape index (κ2) is 17.6. The summed E-state index contributed by atoms with van der Waals surface area (Å²) in [6.45, 7) is 3.02. The van der Waals surface area contributed by atoms with Gasteiger partial charge < -0.3 is 0 Å². The molecule has 0 aliphatic carbocycles. The van der Waals surface area contributed by atoms with E-state index in [0.29, 0.717) is 0 Å². The zero-order chi connectivity index (χ0) is 14.0. The molecular formula is C17H36N2. The topological polar surface area (TPSA) is 36.2 Å². The van der Waals surface area contributed by atoms with Gasteiger partial charge in [0, 0.05) is 0 Å². The predicted molar refractivity (Wildman–Crippen MR) is 84.9 cm³/mol. The lowest BCUT2D eigenvalue weighted by molar-refractivity contribution is 0.532. The molecule has 0 aromatic rings. The Morgan fingerprint density at radius 2 is 0.842 bits per heavy atom. The van der Waals surface area contributed by atoms with E-state index in [2.05, 4.69) is 12.0 Å². The number of hydrogen-bond donors (Lipinski definition) is 1. The molecule has 0 spiro atoms. The molecular weight excluding hydrogens is 232 g/mol. The average Bonchev–Trinajstić information content (AvgIpc) is 2.43. The maximum atomic E-state index is 6.70. The van der Waals surface area contributed by atoms with Gasteiger partial charge in [-0.2, -0.15) is 5.11 Å². The second-order valence-corrected chi connectivity index (χ2v) is 5.83. The van der Waals surface area contributed by atoms with Gasteiger partial charge in [0.15, 0.2) is 0 Å². The van der Waals surface area contributed by atoms with Crippen LogP contribution >= 0.6 is 0 Å². The molecule has 0 rings (SSSR count). The average molecular weight is 268 g/mol. The highest BCUT2D eigenvalue weighted by molar-refractivity contribution is 4.49. The summed E-state index contributed by atoms with van der Waals surface area (Å²) in [5, 5.41) is 3.38. The van der Waals surface area contributed by atoms with Crippen molar-refractivity contribution in [3.63, 3.8) is 0 Å². The molecule has 0 saturated carbocycles. The zero-order valence-corrected chi connectivity index (χ0v) is 13.3. The monoisotopic (exact) mass is 268 g/mol. The minimum absolute atomic E-state index is 0.734. The number of rotatable bonds is 16. The molecule has 1 N–H and O–H groups in total. The third kappa shape index (κ3) is 17.6. The van der Waals surface area contributed by atoms with Gasteiger partial charge in [-0.05, 0) is 6.42 Å². The van der Waals surface area contributed by atoms with E-state index in [1.807, 2.05) is 0 Å². The summed E-state index contributed by atoms with van der Waals surface area (Å²) >= 11 is 0. The fourth-order valence-corrected chi connectivity index (χ4v) is 2.56. The first-order valence-electron chi connectivity index (χ1n) is 8.75. The van der Waals surface area contributed by atoms with Crippen LogP contribution in [0.5, 0.6) is 0 Å². The van der Waals surface area contributed by atoms with Crippen molar-refractivity contribution in [2.45, 2.75) is 103 Å². The number of unbranched alkanes of at least 4 members (excludes halogenated alkanes) is 14. The molecule has 0 unspecified atom stereocenters. The van der Waals surface area contributed by atoms with Crippen molar-refractivity contribution in [3.05, 3.63) is 0 Å². The summed E-state index contributed by atoms with van der Waals surface area (Å²) in [4.78, 5) is 0. The van der Waals surface area contributed by atoms with E-state index in [0.717, 1.165) is 13.0 Å². The van der Waals surface area contributed by atoms with Gasteiger partial charge in [0.1, 0.15) is 0 Å². The molecule has 0 radical (unpaired) electrons. The van der Waals surface area contributed by atoms with Gasteiger partial charge in [-0.1, -0.05) is 96.8 Å². The van der Waals surface area contributed by atoms with Gasteiger partial charge in [0.2, 0.25) is 0 Å². The second-order valence-electron chi connectivity index (χ2n) is 5.83. The van der Waals surface area contributed by atoms with Crippen LogP contribution in [-0.2, 0) is 0 Å². The molecule has 0 heterocycles. The number of nitrogens with one attached hydrogen (secondary N) is 1. The lowest BCUT2D eigenvalue weighted by Crippen LogP contribution is -1.84. The Bertz CT molecular complexity index is 169. The van der Waals surface area contributed by atoms with Crippen molar-refractivity contribution >= 4 is 0 Å². The summed E-state index contributed by atoms with van der Waals surface area (Å²) in [7, 11) is 0. The largest absolute Gasteiger partial charge is 0.210 e. The summed E-state index contributed by atoms with van der Waals surface area (Å²) in [5.74, 6) is 0. The molecule has 0 aromatic heterocycles. The van der Waals surface area contributed by atoms with Gasteiger partial charge in [0.25, 0.3) is 0 Å². The molecule has 0 bridgehead atoms. The molecule has 114 valence electrons. The Morgan fingerprint density at radius 3 is 1.16 bits per heavy atom. The van der Waals surface area contributed by atoms with Gasteiger partial charge in [0.05, 0.1) is 6.54 Å². The molecule has 0 aromatic carbocycles. The van der Waals surface area contributed by atoms with Crippen LogP contribution < -0.4 is 0 Å². The van der Waals surface area contributed by atoms with Crippen LogP contribution in [0.4, 0.5) is 0 Å². The Kier molecular flexibility index (Phi) is 17.2. The fraction of sp³-hybridized carbons (Fsp3) is 1.00. The van der Waals surface area contributed by atoms with Crippen molar-refractivity contribution in [2.24, 2.45) is 5.11 Å². The fourth-order valence-electron chi connectivity index (χ4n) is 2.56. The molecule has 0 aliphatic heterocycles. The summed E-state index contributed by atoms with van der Waals surface area (Å²) in [5.41, 5.74) is 6.70. The van der Waals surface area contributed by atoms with Crippen LogP contribution in [0, 0.1) is 5.53 Å². The first-order valence-corrected chi connectivity index (χ1v) is 8.75. The normalized spacial score (nSPS) is 10.8. The minimum atomic E-state index is 0.734. The first-order chi connectivity index (χ1) is 9.41. The van der Waals surface area contributed by atoms with Crippen LogP contribution in [0.1, 0.15) is 103 Å². The van der Waals surface area contributed by atoms with Gasteiger partial charge in [-0.15, -0.1) is 0 Å². The lowest BCUT2D eigenvalue weighted by atomic mass is 10.0. The highest BCUT2D eigenvalue weighted by Gasteiger charge is 1.94. The van der Waals surface area contributed by atoms with Gasteiger partial charge >= 0.3 is 0 Å². The first kappa shape index (κ1) is 18.6. The highest BCUT2D eigenvalue weighted by Crippen LogP contribution is 2.13. The molecule has 0 saturated heterocycles. The summed E-state index contributed by atoms with van der Waals surface area (Å²) < 4.78 is 0. The Balaban J connectivity index is 2.89. The van der Waals surface area contributed by atoms with E-state index in [9.17, 15) is 0 Å². The van der Waals surface area contributed by atoms with Crippen LogP contribution in [-0.4, -0.2) is 6.54 Å². The summed E-state index contributed by atoms with van der Waals surface area (Å²) in [6, 6.07) is 0. The van der Waals surface area contributed by atoms with Crippen molar-refractivity contribution in [1.82, 2.24) is 0 Å². The minimum Gasteiger partial charge on any atom is -0.210 e. The molecule has 0 aliphatic rings. The van der Waals surface area contributed by atoms with Crippen LogP contribution in [0.3, 0.4) is 0 Å². The van der Waals surface area contributed by atoms with Crippen molar-refractivity contribution in [1.29, 1.82) is 5.53 Å². The molecule has 0 atom stereocenters. The maximum Gasteiger partial charge on any atom is 0.0596 e. The third-order valence-electron chi connectivity index (χ3n) is 3.87. The number of hydrogen-bond acceptors (Lipinski definition) is 2. The predicted octanol–water partition coefficient (Wildman–Crippen LogP) is 6.89. The Hall–Kier alpha value is -0.400. The SMILES string of the molecule is CCCCCCCCCCCCCCCCCN=N. The van der Waals surface area contributed by atoms with E-state index in [4.69, 9.17) is 5.53 Å².